The van der Waals surface area contributed by atoms with Crippen LogP contribution in [0.15, 0.2) is 251 Å². The molecule has 8 heteroatoms. The maximum Gasteiger partial charge on any atom is 0.238 e. The molecule has 0 aliphatic heterocycles. The summed E-state index contributed by atoms with van der Waals surface area (Å²) in [5.41, 5.74) is 15.5. The lowest BCUT2D eigenvalue weighted by Crippen LogP contribution is -2.07. The molecule has 8 nitrogen and oxygen atoms in total. The summed E-state index contributed by atoms with van der Waals surface area (Å²) in [5.74, 6) is 1.61. The Bertz CT molecular complexity index is 5240. The van der Waals surface area contributed by atoms with Gasteiger partial charge in [0.05, 0.1) is 38.8 Å². The number of nitrogens with zero attached hydrogens (tertiary/aromatic N) is 6. The van der Waals surface area contributed by atoms with Crippen molar-refractivity contribution in [1.82, 2.24) is 28.7 Å². The van der Waals surface area contributed by atoms with Gasteiger partial charge < -0.3 is 18.0 Å². The Labute approximate surface area is 438 Å². The second-order valence-electron chi connectivity index (χ2n) is 19.8. The fraction of sp³-hybridized carbons (Fsp3) is 0. The molecule has 0 N–H and O–H groups in total. The van der Waals surface area contributed by atoms with Gasteiger partial charge in [-0.2, -0.15) is 9.97 Å². The number of furan rings is 2. The molecule has 0 fully saturated rings. The molecule has 77 heavy (non-hydrogen) atoms. The predicted octanol–water partition coefficient (Wildman–Crippen LogP) is 18.0. The molecule has 6 heterocycles. The van der Waals surface area contributed by atoms with Crippen molar-refractivity contribution in [3.8, 4) is 51.2 Å². The van der Waals surface area contributed by atoms with Gasteiger partial charge in [-0.05, 0) is 77.9 Å². The fourth-order valence-electron chi connectivity index (χ4n) is 12.4. The van der Waals surface area contributed by atoms with Crippen molar-refractivity contribution < 1.29 is 8.83 Å². The minimum atomic E-state index is 0.514. The zero-order valence-corrected chi connectivity index (χ0v) is 41.1. The van der Waals surface area contributed by atoms with Gasteiger partial charge in [0.15, 0.2) is 17.2 Å². The minimum Gasteiger partial charge on any atom is -0.456 e. The van der Waals surface area contributed by atoms with E-state index in [0.29, 0.717) is 17.6 Å². The molecule has 0 bridgehead atoms. The van der Waals surface area contributed by atoms with Crippen LogP contribution in [0.5, 0.6) is 0 Å². The largest absolute Gasteiger partial charge is 0.456 e. The van der Waals surface area contributed by atoms with Gasteiger partial charge in [0.1, 0.15) is 16.7 Å². The van der Waals surface area contributed by atoms with E-state index in [0.717, 1.165) is 127 Å². The molecule has 6 aromatic heterocycles. The molecule has 17 rings (SSSR count). The van der Waals surface area contributed by atoms with E-state index < -0.39 is 0 Å². The van der Waals surface area contributed by atoms with E-state index >= 15 is 0 Å². The van der Waals surface area contributed by atoms with Crippen molar-refractivity contribution in [3.63, 3.8) is 0 Å². The van der Waals surface area contributed by atoms with Gasteiger partial charge in [0.2, 0.25) is 5.95 Å². The van der Waals surface area contributed by atoms with Crippen molar-refractivity contribution in [2.24, 2.45) is 0 Å². The molecule has 0 amide bonds. The summed E-state index contributed by atoms with van der Waals surface area (Å²) in [5, 5.41) is 10.9. The number of rotatable bonds is 6. The van der Waals surface area contributed by atoms with Crippen molar-refractivity contribution in [2.45, 2.75) is 0 Å². The molecule has 0 unspecified atom stereocenters. The Balaban J connectivity index is 0.917. The first kappa shape index (κ1) is 41.9. The Hall–Kier alpha value is -10.6. The summed E-state index contributed by atoms with van der Waals surface area (Å²) in [6.07, 6.45) is 0. The van der Waals surface area contributed by atoms with Crippen LogP contribution in [-0.2, 0) is 0 Å². The van der Waals surface area contributed by atoms with Gasteiger partial charge in [0.25, 0.3) is 0 Å². The Morgan fingerprint density at radius 1 is 0.299 bits per heavy atom. The average Bonchev–Trinajstić information content (AvgIpc) is 4.51. The Morgan fingerprint density at radius 3 is 1.55 bits per heavy atom. The van der Waals surface area contributed by atoms with E-state index in [2.05, 4.69) is 220 Å². The topological polar surface area (TPSA) is 79.7 Å². The van der Waals surface area contributed by atoms with Gasteiger partial charge in [-0.1, -0.05) is 176 Å². The van der Waals surface area contributed by atoms with Crippen molar-refractivity contribution in [3.05, 3.63) is 243 Å². The summed E-state index contributed by atoms with van der Waals surface area (Å²) in [7, 11) is 0. The second-order valence-corrected chi connectivity index (χ2v) is 19.8. The normalized spacial score (nSPS) is 12.2. The number of benzene rings is 11. The first-order valence-corrected chi connectivity index (χ1v) is 25.9. The quantitative estimate of drug-likeness (QED) is 0.166. The van der Waals surface area contributed by atoms with Crippen LogP contribution in [0.25, 0.3) is 161 Å². The van der Waals surface area contributed by atoms with Crippen molar-refractivity contribution in [2.75, 3.05) is 0 Å². The molecule has 0 saturated carbocycles. The molecule has 0 atom stereocenters. The fourth-order valence-corrected chi connectivity index (χ4v) is 12.4. The Morgan fingerprint density at radius 2 is 0.844 bits per heavy atom. The van der Waals surface area contributed by atoms with E-state index in [1.165, 1.54) is 16.2 Å². The molecule has 0 aliphatic rings. The van der Waals surface area contributed by atoms with E-state index in [1.54, 1.807) is 0 Å². The second kappa shape index (κ2) is 16.0. The third-order valence-corrected chi connectivity index (χ3v) is 15.7. The molecule has 17 aromatic rings. The molecular formula is C69H40N6O2. The summed E-state index contributed by atoms with van der Waals surface area (Å²) < 4.78 is 20.7. The van der Waals surface area contributed by atoms with Crippen LogP contribution in [0.1, 0.15) is 0 Å². The maximum atomic E-state index is 6.93. The zero-order valence-electron chi connectivity index (χ0n) is 41.1. The van der Waals surface area contributed by atoms with Crippen LogP contribution < -0.4 is 0 Å². The maximum absolute atomic E-state index is 6.93. The SMILES string of the molecule is c1ccc(-c2nc(-c3cccc4oc5ccc(-c6ccc(-n7c8ccccc8c8ccccc87)c7oc8ccccc8c67)cc5c34)nc(-n3c4ccccc4c4ccc5c6ccccc6n(-c6ccccc6)c5c43)n2)cc1. The van der Waals surface area contributed by atoms with E-state index in [1.807, 2.05) is 36.4 Å². The molecule has 0 spiro atoms. The van der Waals surface area contributed by atoms with Crippen molar-refractivity contribution in [1.29, 1.82) is 0 Å². The zero-order chi connectivity index (χ0) is 50.3. The number of hydrogen-bond donors (Lipinski definition) is 0. The van der Waals surface area contributed by atoms with Crippen LogP contribution >= 0.6 is 0 Å². The van der Waals surface area contributed by atoms with E-state index in [4.69, 9.17) is 23.8 Å². The van der Waals surface area contributed by atoms with Gasteiger partial charge in [-0.15, -0.1) is 0 Å². The first-order chi connectivity index (χ1) is 38.2. The Kier molecular flexibility index (Phi) is 8.68. The number of hydrogen-bond acceptors (Lipinski definition) is 5. The van der Waals surface area contributed by atoms with Gasteiger partial charge in [0, 0.05) is 70.7 Å². The molecule has 0 radical (unpaired) electrons. The van der Waals surface area contributed by atoms with Crippen LogP contribution in [-0.4, -0.2) is 28.7 Å². The monoisotopic (exact) mass is 984 g/mol. The molecular weight excluding hydrogens is 945 g/mol. The van der Waals surface area contributed by atoms with Crippen LogP contribution in [0.2, 0.25) is 0 Å². The number of aromatic nitrogens is 6. The lowest BCUT2D eigenvalue weighted by atomic mass is 9.96. The smallest absolute Gasteiger partial charge is 0.238 e. The van der Waals surface area contributed by atoms with Gasteiger partial charge >= 0.3 is 0 Å². The molecule has 11 aromatic carbocycles. The minimum absolute atomic E-state index is 0.514. The van der Waals surface area contributed by atoms with Gasteiger partial charge in [-0.25, -0.2) is 4.98 Å². The third-order valence-electron chi connectivity index (χ3n) is 15.7. The molecule has 0 saturated heterocycles. The predicted molar refractivity (Wildman–Crippen MR) is 314 cm³/mol. The summed E-state index contributed by atoms with van der Waals surface area (Å²) in [6, 6.07) is 85.3. The van der Waals surface area contributed by atoms with Crippen LogP contribution in [0, 0.1) is 0 Å². The summed E-state index contributed by atoms with van der Waals surface area (Å²) in [4.78, 5) is 16.4. The van der Waals surface area contributed by atoms with Gasteiger partial charge in [-0.3, -0.25) is 4.57 Å². The lowest BCUT2D eigenvalue weighted by molar-refractivity contribution is 0.666. The highest BCUT2D eigenvalue weighted by molar-refractivity contribution is 6.24. The standard InChI is InChI=1S/C69H40N6O2/c1-3-18-41(19-4-1)67-70-68(72-69(71-67)75-57-31-15-10-25-48(57)50-36-35-49-47-24-9-12-28-54(47)73(64(49)65(50)75)43-20-5-2-6-21-43)52-27-17-33-61-62(52)53-40-42(34-39-60(53)76-61)44-37-38-58(66-63(44)51-26-11-16-32-59(51)77-66)74-55-29-13-7-22-45(55)46-23-8-14-30-56(46)74/h1-40H. The van der Waals surface area contributed by atoms with Crippen LogP contribution in [0.4, 0.5) is 0 Å². The lowest BCUT2D eigenvalue weighted by Gasteiger charge is -2.13. The summed E-state index contributed by atoms with van der Waals surface area (Å²) in [6.45, 7) is 0. The highest BCUT2D eigenvalue weighted by Gasteiger charge is 2.26. The molecule has 0 aliphatic carbocycles. The average molecular weight is 985 g/mol. The van der Waals surface area contributed by atoms with E-state index in [9.17, 15) is 0 Å². The highest BCUT2D eigenvalue weighted by Crippen LogP contribution is 2.46. The summed E-state index contributed by atoms with van der Waals surface area (Å²) >= 11 is 0. The number of fused-ring (bicyclic) bond motifs is 16. The number of para-hydroxylation sites is 6. The van der Waals surface area contributed by atoms with Crippen molar-refractivity contribution >= 4 is 109 Å². The van der Waals surface area contributed by atoms with Crippen LogP contribution in [0.3, 0.4) is 0 Å². The molecule has 358 valence electrons. The first-order valence-electron chi connectivity index (χ1n) is 25.9. The third kappa shape index (κ3) is 6.00. The van der Waals surface area contributed by atoms with E-state index in [-0.39, 0.29) is 0 Å². The highest BCUT2D eigenvalue weighted by atomic mass is 16.3.